The average Bonchev–Trinajstić information content (AvgIpc) is 1.87. The molecular formula is C5H12O4Si. The van der Waals surface area contributed by atoms with Crippen LogP contribution < -0.4 is 0 Å². The van der Waals surface area contributed by atoms with Crippen molar-refractivity contribution in [3.05, 3.63) is 0 Å². The maximum Gasteiger partial charge on any atom is 0.369 e. The van der Waals surface area contributed by atoms with E-state index in [0.29, 0.717) is 13.2 Å². The molecule has 0 aliphatic carbocycles. The third-order valence-corrected chi connectivity index (χ3v) is 1.76. The molecule has 0 rings (SSSR count). The van der Waals surface area contributed by atoms with Crippen molar-refractivity contribution in [1.29, 1.82) is 0 Å². The summed E-state index contributed by atoms with van der Waals surface area (Å²) in [5, 5.41) is 0. The third-order valence-electron chi connectivity index (χ3n) is 0.777. The minimum atomic E-state index is -1.09. The Kier molecular flexibility index (Phi) is 6.46. The van der Waals surface area contributed by atoms with Crippen LogP contribution in [0, 0.1) is 0 Å². The molecule has 4 nitrogen and oxygen atoms in total. The Morgan fingerprint density at radius 1 is 1.50 bits per heavy atom. The second-order valence-electron chi connectivity index (χ2n) is 1.65. The van der Waals surface area contributed by atoms with Gasteiger partial charge in [0.2, 0.25) is 0 Å². The van der Waals surface area contributed by atoms with Crippen molar-refractivity contribution in [2.45, 2.75) is 6.92 Å². The molecule has 0 aliphatic rings. The number of ether oxygens (including phenoxy) is 1. The van der Waals surface area contributed by atoms with E-state index in [-0.39, 0.29) is 5.97 Å². The molecule has 0 fully saturated rings. The van der Waals surface area contributed by atoms with E-state index in [2.05, 4.69) is 4.43 Å². The van der Waals surface area contributed by atoms with E-state index in [0.717, 1.165) is 0 Å². The Labute approximate surface area is 62.5 Å². The summed E-state index contributed by atoms with van der Waals surface area (Å²) < 4.78 is 14.3. The molecule has 0 aromatic carbocycles. The second-order valence-corrected chi connectivity index (χ2v) is 2.59. The van der Waals surface area contributed by atoms with Gasteiger partial charge in [0.1, 0.15) is 0 Å². The maximum atomic E-state index is 10.2. The van der Waals surface area contributed by atoms with Gasteiger partial charge in [0.25, 0.3) is 5.97 Å². The van der Waals surface area contributed by atoms with Crippen molar-refractivity contribution >= 4 is 16.0 Å². The van der Waals surface area contributed by atoms with Crippen LogP contribution in [-0.4, -0.2) is 36.3 Å². The summed E-state index contributed by atoms with van der Waals surface area (Å²) in [5.74, 6) is -0.274. The molecular weight excluding hydrogens is 152 g/mol. The summed E-state index contributed by atoms with van der Waals surface area (Å²) in [6.07, 6.45) is 0. The summed E-state index contributed by atoms with van der Waals surface area (Å²) >= 11 is 0. The normalized spacial score (nSPS) is 10.6. The van der Waals surface area contributed by atoms with E-state index in [1.165, 1.54) is 6.92 Å². The maximum absolute atomic E-state index is 10.2. The van der Waals surface area contributed by atoms with Gasteiger partial charge in [-0.15, -0.1) is 0 Å². The standard InChI is InChI=1S/C5H12O4Si/c1-5(6)9-10-8-4-3-7-2/h3-4,10H2,1-2H3. The van der Waals surface area contributed by atoms with Gasteiger partial charge in [-0.1, -0.05) is 0 Å². The fourth-order valence-corrected chi connectivity index (χ4v) is 0.811. The molecule has 0 saturated heterocycles. The van der Waals surface area contributed by atoms with Crippen LogP contribution in [0.1, 0.15) is 6.92 Å². The lowest BCUT2D eigenvalue weighted by Crippen LogP contribution is -2.11. The number of methoxy groups -OCH3 is 1. The minimum absolute atomic E-state index is 0.274. The molecule has 0 aromatic rings. The van der Waals surface area contributed by atoms with Crippen molar-refractivity contribution < 1.29 is 18.4 Å². The fourth-order valence-electron chi connectivity index (χ4n) is 0.326. The van der Waals surface area contributed by atoms with Crippen LogP contribution in [0.2, 0.25) is 0 Å². The van der Waals surface area contributed by atoms with Crippen molar-refractivity contribution in [1.82, 2.24) is 0 Å². The molecule has 0 amide bonds. The average molecular weight is 164 g/mol. The zero-order chi connectivity index (χ0) is 7.82. The molecule has 10 heavy (non-hydrogen) atoms. The quantitative estimate of drug-likeness (QED) is 0.394. The highest BCUT2D eigenvalue weighted by Crippen LogP contribution is 1.76. The molecule has 0 atom stereocenters. The molecule has 0 heterocycles. The van der Waals surface area contributed by atoms with Crippen LogP contribution in [0.3, 0.4) is 0 Å². The first-order valence-electron chi connectivity index (χ1n) is 2.97. The van der Waals surface area contributed by atoms with Crippen molar-refractivity contribution in [3.8, 4) is 0 Å². The minimum Gasteiger partial charge on any atom is -0.499 e. The number of carbonyl (C=O) groups excluding carboxylic acids is 1. The molecule has 0 aliphatic heterocycles. The number of carbonyl (C=O) groups is 1. The first kappa shape index (κ1) is 9.61. The van der Waals surface area contributed by atoms with Crippen molar-refractivity contribution in [3.63, 3.8) is 0 Å². The molecule has 5 heteroatoms. The highest BCUT2D eigenvalue weighted by Gasteiger charge is 1.92. The lowest BCUT2D eigenvalue weighted by Gasteiger charge is -2.01. The van der Waals surface area contributed by atoms with Gasteiger partial charge in [0, 0.05) is 14.0 Å². The smallest absolute Gasteiger partial charge is 0.369 e. The molecule has 0 aromatic heterocycles. The molecule has 0 radical (unpaired) electrons. The van der Waals surface area contributed by atoms with Crippen LogP contribution in [0.5, 0.6) is 0 Å². The van der Waals surface area contributed by atoms with Crippen LogP contribution in [0.4, 0.5) is 0 Å². The van der Waals surface area contributed by atoms with E-state index in [9.17, 15) is 4.79 Å². The Bertz CT molecular complexity index is 95.6. The van der Waals surface area contributed by atoms with Gasteiger partial charge in [-0.2, -0.15) is 0 Å². The largest absolute Gasteiger partial charge is 0.499 e. The van der Waals surface area contributed by atoms with Crippen LogP contribution in [0.15, 0.2) is 0 Å². The highest BCUT2D eigenvalue weighted by atomic mass is 28.3. The third kappa shape index (κ3) is 7.61. The van der Waals surface area contributed by atoms with Gasteiger partial charge < -0.3 is 13.6 Å². The summed E-state index contributed by atoms with van der Waals surface area (Å²) in [5.41, 5.74) is 0. The Hall–Kier alpha value is -0.393. The molecule has 0 unspecified atom stereocenters. The van der Waals surface area contributed by atoms with Gasteiger partial charge in [0.05, 0.1) is 13.2 Å². The zero-order valence-electron chi connectivity index (χ0n) is 6.25. The topological polar surface area (TPSA) is 44.8 Å². The van der Waals surface area contributed by atoms with Gasteiger partial charge in [-0.3, -0.25) is 4.79 Å². The predicted molar refractivity (Wildman–Crippen MR) is 38.1 cm³/mol. The van der Waals surface area contributed by atoms with E-state index < -0.39 is 10.0 Å². The van der Waals surface area contributed by atoms with Gasteiger partial charge in [-0.25, -0.2) is 0 Å². The zero-order valence-corrected chi connectivity index (χ0v) is 7.67. The first-order valence-corrected chi connectivity index (χ1v) is 4.13. The van der Waals surface area contributed by atoms with E-state index in [1.807, 2.05) is 0 Å². The van der Waals surface area contributed by atoms with Crippen LogP contribution in [-0.2, 0) is 18.4 Å². The fraction of sp³-hybridized carbons (Fsp3) is 0.800. The summed E-state index contributed by atoms with van der Waals surface area (Å²) in [7, 11) is 0.508. The second kappa shape index (κ2) is 6.72. The Morgan fingerprint density at radius 2 is 2.20 bits per heavy atom. The molecule has 0 spiro atoms. The van der Waals surface area contributed by atoms with E-state index in [1.54, 1.807) is 7.11 Å². The first-order chi connectivity index (χ1) is 4.77. The lowest BCUT2D eigenvalue weighted by molar-refractivity contribution is -0.132. The molecule has 0 saturated carbocycles. The predicted octanol–water partition coefficient (Wildman–Crippen LogP) is -0.789. The Balaban J connectivity index is 2.84. The van der Waals surface area contributed by atoms with Crippen LogP contribution >= 0.6 is 0 Å². The van der Waals surface area contributed by atoms with Gasteiger partial charge >= 0.3 is 10.0 Å². The monoisotopic (exact) mass is 164 g/mol. The molecule has 0 N–H and O–H groups in total. The number of hydrogen-bond acceptors (Lipinski definition) is 4. The number of rotatable bonds is 5. The summed E-state index contributed by atoms with van der Waals surface area (Å²) in [6, 6.07) is 0. The summed E-state index contributed by atoms with van der Waals surface area (Å²) in [4.78, 5) is 10.2. The highest BCUT2D eigenvalue weighted by molar-refractivity contribution is 6.22. The Morgan fingerprint density at radius 3 is 2.70 bits per heavy atom. The van der Waals surface area contributed by atoms with E-state index in [4.69, 9.17) is 9.16 Å². The van der Waals surface area contributed by atoms with E-state index >= 15 is 0 Å². The lowest BCUT2D eigenvalue weighted by atomic mass is 10.8. The van der Waals surface area contributed by atoms with Crippen molar-refractivity contribution in [2.24, 2.45) is 0 Å². The van der Waals surface area contributed by atoms with Crippen LogP contribution in [0.25, 0.3) is 0 Å². The van der Waals surface area contributed by atoms with Crippen molar-refractivity contribution in [2.75, 3.05) is 20.3 Å². The number of hydrogen-bond donors (Lipinski definition) is 0. The molecule has 0 bridgehead atoms. The van der Waals surface area contributed by atoms with Gasteiger partial charge in [-0.05, 0) is 0 Å². The SMILES string of the molecule is COCCO[SiH2]OC(C)=O. The summed E-state index contributed by atoms with van der Waals surface area (Å²) in [6.45, 7) is 2.43. The van der Waals surface area contributed by atoms with Gasteiger partial charge in [0.15, 0.2) is 0 Å². The molecule has 60 valence electrons.